The van der Waals surface area contributed by atoms with Crippen LogP contribution in [0.4, 0.5) is 10.1 Å². The van der Waals surface area contributed by atoms with E-state index in [9.17, 15) is 14.0 Å². The molecule has 0 saturated heterocycles. The minimum absolute atomic E-state index is 0.00915. The van der Waals surface area contributed by atoms with Crippen LogP contribution in [0.3, 0.4) is 0 Å². The Morgan fingerprint density at radius 3 is 2.48 bits per heavy atom. The molecule has 21 heavy (non-hydrogen) atoms. The fourth-order valence-electron chi connectivity index (χ4n) is 1.82. The first-order chi connectivity index (χ1) is 9.86. The molecule has 0 saturated carbocycles. The molecule has 0 unspecified atom stereocenters. The molecule has 2 aromatic carbocycles. The van der Waals surface area contributed by atoms with E-state index in [1.807, 2.05) is 0 Å². The Bertz CT molecular complexity index is 711. The number of aryl methyl sites for hydroxylation is 1. The summed E-state index contributed by atoms with van der Waals surface area (Å²) in [7, 11) is 0. The molecule has 0 atom stereocenters. The van der Waals surface area contributed by atoms with E-state index in [0.717, 1.165) is 6.07 Å². The number of halogens is 2. The molecule has 0 aliphatic rings. The quantitative estimate of drug-likeness (QED) is 0.907. The third kappa shape index (κ3) is 3.58. The number of hydrogen-bond donors (Lipinski definition) is 2. The average molecular weight is 308 g/mol. The van der Waals surface area contributed by atoms with Crippen molar-refractivity contribution < 1.29 is 19.1 Å². The van der Waals surface area contributed by atoms with Crippen molar-refractivity contribution >= 4 is 29.2 Å². The van der Waals surface area contributed by atoms with Gasteiger partial charge in [0.15, 0.2) is 0 Å². The summed E-state index contributed by atoms with van der Waals surface area (Å²) < 4.78 is 13.3. The Balaban J connectivity index is 2.31. The summed E-state index contributed by atoms with van der Waals surface area (Å²) in [5.41, 5.74) is 0.878. The fourth-order valence-corrected chi connectivity index (χ4v) is 1.98. The van der Waals surface area contributed by atoms with Crippen molar-refractivity contribution in [1.82, 2.24) is 0 Å². The molecule has 4 nitrogen and oxygen atoms in total. The van der Waals surface area contributed by atoms with Crippen LogP contribution in [-0.4, -0.2) is 17.0 Å². The summed E-state index contributed by atoms with van der Waals surface area (Å²) >= 11 is 5.91. The van der Waals surface area contributed by atoms with Gasteiger partial charge in [0.05, 0.1) is 16.3 Å². The zero-order valence-corrected chi connectivity index (χ0v) is 11.7. The molecular weight excluding hydrogens is 297 g/mol. The SMILES string of the molecule is Cc1cc(F)cc(C(=O)Nc2cc(C(=O)O)ccc2Cl)c1. The van der Waals surface area contributed by atoms with Gasteiger partial charge in [0, 0.05) is 5.56 Å². The summed E-state index contributed by atoms with van der Waals surface area (Å²) in [6.45, 7) is 1.66. The summed E-state index contributed by atoms with van der Waals surface area (Å²) in [6.07, 6.45) is 0. The zero-order chi connectivity index (χ0) is 15.6. The molecule has 0 aliphatic heterocycles. The number of anilines is 1. The van der Waals surface area contributed by atoms with Gasteiger partial charge in [-0.2, -0.15) is 0 Å². The maximum Gasteiger partial charge on any atom is 0.335 e. The molecule has 6 heteroatoms. The first-order valence-electron chi connectivity index (χ1n) is 5.98. The lowest BCUT2D eigenvalue weighted by Crippen LogP contribution is -2.13. The number of hydrogen-bond acceptors (Lipinski definition) is 2. The van der Waals surface area contributed by atoms with Crippen molar-refractivity contribution in [2.24, 2.45) is 0 Å². The van der Waals surface area contributed by atoms with E-state index in [2.05, 4.69) is 5.32 Å². The van der Waals surface area contributed by atoms with Crippen LogP contribution in [0.1, 0.15) is 26.3 Å². The number of carboxylic acids is 1. The zero-order valence-electron chi connectivity index (χ0n) is 11.0. The van der Waals surface area contributed by atoms with Gasteiger partial charge in [-0.15, -0.1) is 0 Å². The topological polar surface area (TPSA) is 66.4 Å². The van der Waals surface area contributed by atoms with Gasteiger partial charge in [-0.3, -0.25) is 4.79 Å². The first kappa shape index (κ1) is 15.0. The molecular formula is C15H11ClFNO3. The van der Waals surface area contributed by atoms with E-state index >= 15 is 0 Å². The predicted octanol–water partition coefficient (Wildman–Crippen LogP) is 3.74. The number of amides is 1. The van der Waals surface area contributed by atoms with Crippen LogP contribution in [-0.2, 0) is 0 Å². The van der Waals surface area contributed by atoms with E-state index in [0.29, 0.717) is 5.56 Å². The van der Waals surface area contributed by atoms with Crippen LogP contribution in [0.15, 0.2) is 36.4 Å². The lowest BCUT2D eigenvalue weighted by molar-refractivity contribution is 0.0696. The van der Waals surface area contributed by atoms with Crippen LogP contribution in [0.5, 0.6) is 0 Å². The fraction of sp³-hybridized carbons (Fsp3) is 0.0667. The summed E-state index contributed by atoms with van der Waals surface area (Å²) in [5, 5.41) is 11.6. The van der Waals surface area contributed by atoms with Gasteiger partial charge in [-0.25, -0.2) is 9.18 Å². The van der Waals surface area contributed by atoms with Crippen molar-refractivity contribution in [1.29, 1.82) is 0 Å². The second-order valence-electron chi connectivity index (χ2n) is 4.47. The molecule has 2 N–H and O–H groups in total. The van der Waals surface area contributed by atoms with Crippen molar-refractivity contribution in [2.45, 2.75) is 6.92 Å². The normalized spacial score (nSPS) is 10.2. The molecule has 0 aromatic heterocycles. The Hall–Kier alpha value is -2.40. The minimum atomic E-state index is -1.14. The smallest absolute Gasteiger partial charge is 0.335 e. The Morgan fingerprint density at radius 1 is 1.14 bits per heavy atom. The number of carbonyl (C=O) groups is 2. The van der Waals surface area contributed by atoms with Gasteiger partial charge in [-0.05, 0) is 48.9 Å². The second-order valence-corrected chi connectivity index (χ2v) is 4.88. The number of rotatable bonds is 3. The van der Waals surface area contributed by atoms with Crippen molar-refractivity contribution in [3.63, 3.8) is 0 Å². The summed E-state index contributed by atoms with van der Waals surface area (Å²) in [5.74, 6) is -2.23. The van der Waals surface area contributed by atoms with Gasteiger partial charge in [0.2, 0.25) is 0 Å². The summed E-state index contributed by atoms with van der Waals surface area (Å²) in [4.78, 5) is 23.0. The number of carbonyl (C=O) groups excluding carboxylic acids is 1. The molecule has 0 bridgehead atoms. The molecule has 0 aliphatic carbocycles. The van der Waals surface area contributed by atoms with Gasteiger partial charge >= 0.3 is 5.97 Å². The number of nitrogens with one attached hydrogen (secondary N) is 1. The Morgan fingerprint density at radius 2 is 1.86 bits per heavy atom. The van der Waals surface area contributed by atoms with Gasteiger partial charge < -0.3 is 10.4 Å². The van der Waals surface area contributed by atoms with E-state index < -0.39 is 17.7 Å². The highest BCUT2D eigenvalue weighted by molar-refractivity contribution is 6.34. The van der Waals surface area contributed by atoms with E-state index in [1.165, 1.54) is 30.3 Å². The highest BCUT2D eigenvalue weighted by Gasteiger charge is 2.12. The first-order valence-corrected chi connectivity index (χ1v) is 6.36. The minimum Gasteiger partial charge on any atom is -0.478 e. The lowest BCUT2D eigenvalue weighted by Gasteiger charge is -2.09. The molecule has 0 spiro atoms. The van der Waals surface area contributed by atoms with Crippen LogP contribution in [0.25, 0.3) is 0 Å². The van der Waals surface area contributed by atoms with E-state index in [4.69, 9.17) is 16.7 Å². The van der Waals surface area contributed by atoms with E-state index in [1.54, 1.807) is 6.92 Å². The molecule has 0 heterocycles. The van der Waals surface area contributed by atoms with E-state index in [-0.39, 0.29) is 21.8 Å². The maximum absolute atomic E-state index is 13.3. The molecule has 0 radical (unpaired) electrons. The second kappa shape index (κ2) is 5.93. The van der Waals surface area contributed by atoms with Crippen LogP contribution < -0.4 is 5.32 Å². The van der Waals surface area contributed by atoms with Gasteiger partial charge in [-0.1, -0.05) is 11.6 Å². The molecule has 1 amide bonds. The maximum atomic E-state index is 13.3. The number of carboxylic acid groups (broad SMARTS) is 1. The lowest BCUT2D eigenvalue weighted by atomic mass is 10.1. The van der Waals surface area contributed by atoms with Crippen LogP contribution in [0, 0.1) is 12.7 Å². The predicted molar refractivity (Wildman–Crippen MR) is 77.5 cm³/mol. The van der Waals surface area contributed by atoms with Crippen molar-refractivity contribution in [3.8, 4) is 0 Å². The van der Waals surface area contributed by atoms with Gasteiger partial charge in [0.1, 0.15) is 5.82 Å². The van der Waals surface area contributed by atoms with Crippen LogP contribution >= 0.6 is 11.6 Å². The van der Waals surface area contributed by atoms with Gasteiger partial charge in [0.25, 0.3) is 5.91 Å². The molecule has 0 fully saturated rings. The highest BCUT2D eigenvalue weighted by Crippen LogP contribution is 2.24. The standard InChI is InChI=1S/C15H11ClFNO3/c1-8-4-10(6-11(17)5-8)14(19)18-13-7-9(15(20)21)2-3-12(13)16/h2-7H,1H3,(H,18,19)(H,20,21). The third-order valence-electron chi connectivity index (χ3n) is 2.77. The Kier molecular flexibility index (Phi) is 4.23. The average Bonchev–Trinajstić information content (AvgIpc) is 2.39. The largest absolute Gasteiger partial charge is 0.478 e. The monoisotopic (exact) mass is 307 g/mol. The third-order valence-corrected chi connectivity index (χ3v) is 3.10. The van der Waals surface area contributed by atoms with Crippen LogP contribution in [0.2, 0.25) is 5.02 Å². The molecule has 108 valence electrons. The van der Waals surface area contributed by atoms with Crippen molar-refractivity contribution in [3.05, 3.63) is 63.9 Å². The number of aromatic carboxylic acids is 1. The van der Waals surface area contributed by atoms with Crippen molar-refractivity contribution in [2.75, 3.05) is 5.32 Å². The highest BCUT2D eigenvalue weighted by atomic mass is 35.5. The molecule has 2 aromatic rings. The Labute approximate surface area is 125 Å². The molecule has 2 rings (SSSR count). The number of benzene rings is 2. The summed E-state index contributed by atoms with van der Waals surface area (Å²) in [6, 6.07) is 7.86.